The average molecular weight is 311 g/mol. The Hall–Kier alpha value is -1.10. The molecule has 1 aromatic heterocycles. The Morgan fingerprint density at radius 3 is 2.67 bits per heavy atom. The molecule has 0 aliphatic heterocycles. The highest BCUT2D eigenvalue weighted by Gasteiger charge is 1.98. The second kappa shape index (κ2) is 4.61. The summed E-state index contributed by atoms with van der Waals surface area (Å²) in [5.74, 6) is 1.46. The summed E-state index contributed by atoms with van der Waals surface area (Å²) in [7, 11) is 0. The SMILES string of the molecule is Cc1cccc(Oc2cccc(I)c2)n1. The van der Waals surface area contributed by atoms with E-state index in [0.717, 1.165) is 15.0 Å². The zero-order valence-electron chi connectivity index (χ0n) is 8.27. The summed E-state index contributed by atoms with van der Waals surface area (Å²) in [6.45, 7) is 1.95. The Kier molecular flexibility index (Phi) is 3.20. The van der Waals surface area contributed by atoms with Gasteiger partial charge in [-0.3, -0.25) is 0 Å². The molecule has 3 heteroatoms. The van der Waals surface area contributed by atoms with Gasteiger partial charge in [-0.1, -0.05) is 12.1 Å². The van der Waals surface area contributed by atoms with Crippen LogP contribution in [-0.2, 0) is 0 Å². The van der Waals surface area contributed by atoms with Crippen molar-refractivity contribution in [3.05, 3.63) is 51.7 Å². The number of rotatable bonds is 2. The third kappa shape index (κ3) is 2.92. The first-order valence-corrected chi connectivity index (χ1v) is 5.69. The summed E-state index contributed by atoms with van der Waals surface area (Å²) in [5.41, 5.74) is 0.957. The normalized spacial score (nSPS) is 10.0. The number of pyridine rings is 1. The lowest BCUT2D eigenvalue weighted by molar-refractivity contribution is 0.461. The van der Waals surface area contributed by atoms with E-state index in [2.05, 4.69) is 27.6 Å². The molecule has 0 fully saturated rings. The Labute approximate surface area is 102 Å². The van der Waals surface area contributed by atoms with E-state index in [9.17, 15) is 0 Å². The lowest BCUT2D eigenvalue weighted by Crippen LogP contribution is -1.89. The third-order valence-electron chi connectivity index (χ3n) is 1.88. The summed E-state index contributed by atoms with van der Waals surface area (Å²) in [6, 6.07) is 13.6. The van der Waals surface area contributed by atoms with Crippen molar-refractivity contribution in [2.45, 2.75) is 6.92 Å². The summed E-state index contributed by atoms with van der Waals surface area (Å²) in [5, 5.41) is 0. The van der Waals surface area contributed by atoms with Gasteiger partial charge in [0.15, 0.2) is 0 Å². The predicted octanol–water partition coefficient (Wildman–Crippen LogP) is 3.79. The quantitative estimate of drug-likeness (QED) is 0.787. The van der Waals surface area contributed by atoms with E-state index in [1.54, 1.807) is 0 Å². The average Bonchev–Trinajstić information content (AvgIpc) is 2.17. The first-order chi connectivity index (χ1) is 7.24. The van der Waals surface area contributed by atoms with Crippen LogP contribution in [0.4, 0.5) is 0 Å². The second-order valence-electron chi connectivity index (χ2n) is 3.18. The molecule has 15 heavy (non-hydrogen) atoms. The van der Waals surface area contributed by atoms with Crippen molar-refractivity contribution in [3.8, 4) is 11.6 Å². The minimum absolute atomic E-state index is 0.636. The van der Waals surface area contributed by atoms with Gasteiger partial charge in [-0.05, 0) is 53.8 Å². The number of aryl methyl sites for hydroxylation is 1. The monoisotopic (exact) mass is 311 g/mol. The molecule has 2 rings (SSSR count). The van der Waals surface area contributed by atoms with Gasteiger partial charge < -0.3 is 4.74 Å². The van der Waals surface area contributed by atoms with Gasteiger partial charge >= 0.3 is 0 Å². The van der Waals surface area contributed by atoms with Crippen LogP contribution < -0.4 is 4.74 Å². The fraction of sp³-hybridized carbons (Fsp3) is 0.0833. The molecule has 0 amide bonds. The highest BCUT2D eigenvalue weighted by Crippen LogP contribution is 2.21. The summed E-state index contributed by atoms with van der Waals surface area (Å²) in [6.07, 6.45) is 0. The van der Waals surface area contributed by atoms with Crippen molar-refractivity contribution < 1.29 is 4.74 Å². The van der Waals surface area contributed by atoms with Crippen LogP contribution in [0.1, 0.15) is 5.69 Å². The summed E-state index contributed by atoms with van der Waals surface area (Å²) >= 11 is 2.25. The van der Waals surface area contributed by atoms with Crippen molar-refractivity contribution in [1.29, 1.82) is 0 Å². The van der Waals surface area contributed by atoms with Crippen LogP contribution in [-0.4, -0.2) is 4.98 Å². The van der Waals surface area contributed by atoms with E-state index in [-0.39, 0.29) is 0 Å². The second-order valence-corrected chi connectivity index (χ2v) is 4.42. The number of hydrogen-bond acceptors (Lipinski definition) is 2. The van der Waals surface area contributed by atoms with Crippen molar-refractivity contribution >= 4 is 22.6 Å². The van der Waals surface area contributed by atoms with Crippen molar-refractivity contribution in [2.75, 3.05) is 0 Å². The zero-order chi connectivity index (χ0) is 10.7. The van der Waals surface area contributed by atoms with Gasteiger partial charge in [0.05, 0.1) is 0 Å². The van der Waals surface area contributed by atoms with E-state index in [4.69, 9.17) is 4.74 Å². The molecule has 76 valence electrons. The smallest absolute Gasteiger partial charge is 0.219 e. The Bertz CT molecular complexity index is 427. The largest absolute Gasteiger partial charge is 0.439 e. The molecule has 0 aliphatic carbocycles. The van der Waals surface area contributed by atoms with Crippen LogP contribution in [0.5, 0.6) is 11.6 Å². The fourth-order valence-corrected chi connectivity index (χ4v) is 1.74. The molecule has 2 nitrogen and oxygen atoms in total. The number of benzene rings is 1. The number of aromatic nitrogens is 1. The van der Waals surface area contributed by atoms with E-state index < -0.39 is 0 Å². The molecule has 0 saturated heterocycles. The maximum Gasteiger partial charge on any atom is 0.219 e. The first-order valence-electron chi connectivity index (χ1n) is 4.61. The molecular weight excluding hydrogens is 301 g/mol. The summed E-state index contributed by atoms with van der Waals surface area (Å²) in [4.78, 5) is 4.27. The van der Waals surface area contributed by atoms with Crippen LogP contribution in [0, 0.1) is 10.5 Å². The first kappa shape index (κ1) is 10.4. The number of hydrogen-bond donors (Lipinski definition) is 0. The van der Waals surface area contributed by atoms with E-state index in [0.29, 0.717) is 5.88 Å². The molecule has 0 radical (unpaired) electrons. The Balaban J connectivity index is 2.22. The van der Waals surface area contributed by atoms with E-state index in [1.165, 1.54) is 0 Å². The van der Waals surface area contributed by atoms with Crippen molar-refractivity contribution in [1.82, 2.24) is 4.98 Å². The number of ether oxygens (including phenoxy) is 1. The third-order valence-corrected chi connectivity index (χ3v) is 2.55. The van der Waals surface area contributed by atoms with Crippen molar-refractivity contribution in [2.24, 2.45) is 0 Å². The number of halogens is 1. The van der Waals surface area contributed by atoms with Crippen LogP contribution >= 0.6 is 22.6 Å². The lowest BCUT2D eigenvalue weighted by Gasteiger charge is -2.05. The lowest BCUT2D eigenvalue weighted by atomic mass is 10.3. The highest BCUT2D eigenvalue weighted by molar-refractivity contribution is 14.1. The van der Waals surface area contributed by atoms with E-state index in [1.807, 2.05) is 49.4 Å². The maximum absolute atomic E-state index is 5.62. The van der Waals surface area contributed by atoms with Gasteiger partial charge in [-0.15, -0.1) is 0 Å². The highest BCUT2D eigenvalue weighted by atomic mass is 127. The van der Waals surface area contributed by atoms with Crippen LogP contribution in [0.2, 0.25) is 0 Å². The van der Waals surface area contributed by atoms with Crippen LogP contribution in [0.15, 0.2) is 42.5 Å². The minimum atomic E-state index is 0.636. The Morgan fingerprint density at radius 2 is 1.93 bits per heavy atom. The Morgan fingerprint density at radius 1 is 1.13 bits per heavy atom. The van der Waals surface area contributed by atoms with E-state index >= 15 is 0 Å². The van der Waals surface area contributed by atoms with Crippen LogP contribution in [0.25, 0.3) is 0 Å². The molecule has 1 heterocycles. The summed E-state index contributed by atoms with van der Waals surface area (Å²) < 4.78 is 6.77. The van der Waals surface area contributed by atoms with Gasteiger partial charge in [0.1, 0.15) is 5.75 Å². The fourth-order valence-electron chi connectivity index (χ4n) is 1.23. The van der Waals surface area contributed by atoms with Crippen LogP contribution in [0.3, 0.4) is 0 Å². The maximum atomic E-state index is 5.62. The van der Waals surface area contributed by atoms with Gasteiger partial charge in [0, 0.05) is 15.3 Å². The molecule has 0 atom stereocenters. The number of nitrogens with zero attached hydrogens (tertiary/aromatic N) is 1. The predicted molar refractivity (Wildman–Crippen MR) is 68.2 cm³/mol. The minimum Gasteiger partial charge on any atom is -0.439 e. The topological polar surface area (TPSA) is 22.1 Å². The molecule has 0 aliphatic rings. The van der Waals surface area contributed by atoms with Gasteiger partial charge in [-0.25, -0.2) is 4.98 Å². The van der Waals surface area contributed by atoms with Gasteiger partial charge in [0.2, 0.25) is 5.88 Å². The molecule has 2 aromatic rings. The van der Waals surface area contributed by atoms with Crippen molar-refractivity contribution in [3.63, 3.8) is 0 Å². The molecule has 0 saturated carbocycles. The standard InChI is InChI=1S/C12H10INO/c1-9-4-2-7-12(14-9)15-11-6-3-5-10(13)8-11/h2-8H,1H3. The zero-order valence-corrected chi connectivity index (χ0v) is 10.4. The molecule has 0 bridgehead atoms. The molecule has 0 spiro atoms. The van der Waals surface area contributed by atoms with Gasteiger partial charge in [0.25, 0.3) is 0 Å². The molecule has 1 aromatic carbocycles. The molecule has 0 unspecified atom stereocenters. The van der Waals surface area contributed by atoms with Gasteiger partial charge in [-0.2, -0.15) is 0 Å². The molecule has 0 N–H and O–H groups in total. The molecular formula is C12H10INO.